The van der Waals surface area contributed by atoms with E-state index in [1.165, 1.54) is 4.31 Å². The first-order valence-corrected chi connectivity index (χ1v) is 7.72. The van der Waals surface area contributed by atoms with Crippen LogP contribution < -0.4 is 10.1 Å². The van der Waals surface area contributed by atoms with Crippen molar-refractivity contribution in [3.05, 3.63) is 24.0 Å². The van der Waals surface area contributed by atoms with E-state index in [0.29, 0.717) is 12.6 Å². The molecule has 0 amide bonds. The van der Waals surface area contributed by atoms with Gasteiger partial charge in [0.05, 0.1) is 4.90 Å². The van der Waals surface area contributed by atoms with Crippen molar-refractivity contribution in [1.82, 2.24) is 9.62 Å². The molecule has 1 N–H and O–H groups in total. The summed E-state index contributed by atoms with van der Waals surface area (Å²) in [5.74, 6) is -1.82. The number of halogens is 4. The Balaban J connectivity index is 0.00000242. The third-order valence-corrected chi connectivity index (χ3v) is 4.95. The number of hydrogen-bond donors (Lipinski definition) is 1. The van der Waals surface area contributed by atoms with Gasteiger partial charge in [0.1, 0.15) is 0 Å². The predicted octanol–water partition coefficient (Wildman–Crippen LogP) is 1.83. The molecule has 0 aliphatic carbocycles. The Kier molecular flexibility index (Phi) is 6.48. The molecule has 1 heterocycles. The first-order valence-electron chi connectivity index (χ1n) is 6.28. The summed E-state index contributed by atoms with van der Waals surface area (Å²) in [7, 11) is -3.85. The molecule has 5 nitrogen and oxygen atoms in total. The van der Waals surface area contributed by atoms with Crippen molar-refractivity contribution in [2.75, 3.05) is 19.6 Å². The first-order chi connectivity index (χ1) is 9.80. The van der Waals surface area contributed by atoms with E-state index in [4.69, 9.17) is 0 Å². The molecule has 0 bridgehead atoms. The lowest BCUT2D eigenvalue weighted by atomic mass is 10.3. The number of piperazine rings is 1. The zero-order valence-electron chi connectivity index (χ0n) is 11.6. The van der Waals surface area contributed by atoms with E-state index < -0.39 is 28.2 Å². The number of alkyl halides is 2. The number of ether oxygens (including phenoxy) is 1. The summed E-state index contributed by atoms with van der Waals surface area (Å²) in [6.07, 6.45) is 0. The van der Waals surface area contributed by atoms with Gasteiger partial charge >= 0.3 is 6.61 Å². The molecule has 1 atom stereocenters. The minimum absolute atomic E-state index is 0. The lowest BCUT2D eigenvalue weighted by Crippen LogP contribution is -2.51. The second-order valence-corrected chi connectivity index (χ2v) is 6.63. The van der Waals surface area contributed by atoms with Crippen LogP contribution in [0.3, 0.4) is 0 Å². The van der Waals surface area contributed by atoms with Crippen LogP contribution in [0.25, 0.3) is 0 Å². The summed E-state index contributed by atoms with van der Waals surface area (Å²) >= 11 is 0. The number of rotatable bonds is 4. The van der Waals surface area contributed by atoms with Gasteiger partial charge in [0, 0.05) is 25.7 Å². The number of nitrogens with one attached hydrogen (secondary N) is 1. The van der Waals surface area contributed by atoms with Crippen molar-refractivity contribution in [3.63, 3.8) is 0 Å². The van der Waals surface area contributed by atoms with E-state index in [1.54, 1.807) is 0 Å². The Labute approximate surface area is 132 Å². The summed E-state index contributed by atoms with van der Waals surface area (Å²) in [5, 5.41) is 3.09. The highest BCUT2D eigenvalue weighted by Gasteiger charge is 2.29. The standard InChI is InChI=1S/C12H15F3N2O3S.ClH/c1-8-7-17(5-4-16-8)21(18,19)9-2-3-11(10(13)6-9)20-12(14)15;/h2-3,6,8,12,16H,4-5,7H2,1H3;1H/t8-;/m1./s1. The molecule has 0 aromatic heterocycles. The highest BCUT2D eigenvalue weighted by molar-refractivity contribution is 7.89. The fourth-order valence-electron chi connectivity index (χ4n) is 2.10. The largest absolute Gasteiger partial charge is 0.432 e. The van der Waals surface area contributed by atoms with Crippen LogP contribution in [0.2, 0.25) is 0 Å². The Morgan fingerprint density at radius 2 is 2.09 bits per heavy atom. The average molecular weight is 361 g/mol. The molecule has 1 aromatic carbocycles. The quantitative estimate of drug-likeness (QED) is 0.890. The molecule has 0 unspecified atom stereocenters. The Morgan fingerprint density at radius 3 is 2.64 bits per heavy atom. The lowest BCUT2D eigenvalue weighted by molar-refractivity contribution is -0.0522. The van der Waals surface area contributed by atoms with Gasteiger partial charge in [0.15, 0.2) is 11.6 Å². The van der Waals surface area contributed by atoms with E-state index in [9.17, 15) is 21.6 Å². The van der Waals surface area contributed by atoms with Crippen molar-refractivity contribution < 1.29 is 26.3 Å². The molecule has 1 aliphatic heterocycles. The van der Waals surface area contributed by atoms with Gasteiger partial charge in [-0.25, -0.2) is 12.8 Å². The van der Waals surface area contributed by atoms with Gasteiger partial charge < -0.3 is 10.1 Å². The highest BCUT2D eigenvalue weighted by atomic mass is 35.5. The van der Waals surface area contributed by atoms with Crippen LogP contribution in [0.1, 0.15) is 6.92 Å². The predicted molar refractivity (Wildman–Crippen MR) is 76.5 cm³/mol. The fourth-order valence-corrected chi connectivity index (χ4v) is 3.64. The smallest absolute Gasteiger partial charge is 0.387 e. The van der Waals surface area contributed by atoms with Crippen LogP contribution in [0.4, 0.5) is 13.2 Å². The van der Waals surface area contributed by atoms with Crippen molar-refractivity contribution in [3.8, 4) is 5.75 Å². The van der Waals surface area contributed by atoms with Crippen LogP contribution in [-0.2, 0) is 10.0 Å². The molecule has 22 heavy (non-hydrogen) atoms. The normalized spacial score (nSPS) is 19.8. The molecule has 10 heteroatoms. The van der Waals surface area contributed by atoms with Gasteiger partial charge in [0.25, 0.3) is 0 Å². The topological polar surface area (TPSA) is 58.6 Å². The minimum Gasteiger partial charge on any atom is -0.432 e. The van der Waals surface area contributed by atoms with Crippen LogP contribution in [0.15, 0.2) is 23.1 Å². The summed E-state index contributed by atoms with van der Waals surface area (Å²) in [6.45, 7) is -0.309. The van der Waals surface area contributed by atoms with Crippen LogP contribution in [0, 0.1) is 5.82 Å². The van der Waals surface area contributed by atoms with Gasteiger partial charge in [-0.1, -0.05) is 0 Å². The van der Waals surface area contributed by atoms with Crippen LogP contribution in [-0.4, -0.2) is 45.0 Å². The summed E-state index contributed by atoms with van der Waals surface area (Å²) in [4.78, 5) is -0.282. The molecule has 1 saturated heterocycles. The second-order valence-electron chi connectivity index (χ2n) is 4.69. The summed E-state index contributed by atoms with van der Waals surface area (Å²) < 4.78 is 67.6. The molecule has 2 rings (SSSR count). The van der Waals surface area contributed by atoms with E-state index in [2.05, 4.69) is 10.1 Å². The number of nitrogens with zero attached hydrogens (tertiary/aromatic N) is 1. The molecule has 1 aliphatic rings. The number of hydrogen-bond acceptors (Lipinski definition) is 4. The van der Waals surface area contributed by atoms with Crippen molar-refractivity contribution in [2.24, 2.45) is 0 Å². The van der Waals surface area contributed by atoms with Gasteiger partial charge in [-0.05, 0) is 25.1 Å². The Hall–Kier alpha value is -1.03. The van der Waals surface area contributed by atoms with Crippen LogP contribution >= 0.6 is 12.4 Å². The Bertz CT molecular complexity index is 616. The fraction of sp³-hybridized carbons (Fsp3) is 0.500. The molecular formula is C12H16ClF3N2O3S. The van der Waals surface area contributed by atoms with Gasteiger partial charge in [0.2, 0.25) is 10.0 Å². The number of benzene rings is 1. The zero-order valence-corrected chi connectivity index (χ0v) is 13.3. The van der Waals surface area contributed by atoms with Gasteiger partial charge in [-0.2, -0.15) is 13.1 Å². The number of sulfonamides is 1. The highest BCUT2D eigenvalue weighted by Crippen LogP contribution is 2.25. The SMILES string of the molecule is C[C@@H]1CN(S(=O)(=O)c2ccc(OC(F)F)c(F)c2)CCN1.Cl. The second kappa shape index (κ2) is 7.49. The molecule has 0 spiro atoms. The van der Waals surface area contributed by atoms with E-state index in [1.807, 2.05) is 6.92 Å². The molecule has 1 aromatic rings. The van der Waals surface area contributed by atoms with Gasteiger partial charge in [-0.3, -0.25) is 0 Å². The lowest BCUT2D eigenvalue weighted by Gasteiger charge is -2.31. The third-order valence-electron chi connectivity index (χ3n) is 3.09. The van der Waals surface area contributed by atoms with Crippen molar-refractivity contribution in [2.45, 2.75) is 24.5 Å². The minimum atomic E-state index is -3.85. The van der Waals surface area contributed by atoms with Crippen molar-refractivity contribution in [1.29, 1.82) is 0 Å². The average Bonchev–Trinajstić information content (AvgIpc) is 2.40. The maximum absolute atomic E-state index is 13.6. The third kappa shape index (κ3) is 4.25. The van der Waals surface area contributed by atoms with E-state index in [-0.39, 0.29) is 36.4 Å². The maximum atomic E-state index is 13.6. The molecule has 1 fully saturated rings. The van der Waals surface area contributed by atoms with Gasteiger partial charge in [-0.15, -0.1) is 12.4 Å². The molecule has 0 saturated carbocycles. The first kappa shape index (κ1) is 19.0. The monoisotopic (exact) mass is 360 g/mol. The molecule has 0 radical (unpaired) electrons. The zero-order chi connectivity index (χ0) is 15.6. The maximum Gasteiger partial charge on any atom is 0.387 e. The molecule has 126 valence electrons. The summed E-state index contributed by atoms with van der Waals surface area (Å²) in [5.41, 5.74) is 0. The molecular weight excluding hydrogens is 345 g/mol. The summed E-state index contributed by atoms with van der Waals surface area (Å²) in [6, 6.07) is 2.63. The van der Waals surface area contributed by atoms with E-state index >= 15 is 0 Å². The van der Waals surface area contributed by atoms with Crippen LogP contribution in [0.5, 0.6) is 5.75 Å². The Morgan fingerprint density at radius 1 is 1.41 bits per heavy atom. The van der Waals surface area contributed by atoms with E-state index in [0.717, 1.165) is 12.1 Å². The van der Waals surface area contributed by atoms with Crippen molar-refractivity contribution >= 4 is 22.4 Å².